The molecule has 2 unspecified atom stereocenters. The molecule has 96 valence electrons. The second-order valence-electron chi connectivity index (χ2n) is 4.65. The monoisotopic (exact) mass is 247 g/mol. The molecule has 2 atom stereocenters. The van der Waals surface area contributed by atoms with Crippen LogP contribution in [0.4, 0.5) is 0 Å². The third-order valence-corrected chi connectivity index (χ3v) is 3.22. The largest absolute Gasteiger partial charge is 0.478 e. The Bertz CT molecular complexity index is 552. The van der Waals surface area contributed by atoms with Gasteiger partial charge in [0.1, 0.15) is 5.82 Å². The Kier molecular flexibility index (Phi) is 2.91. The average molecular weight is 247 g/mol. The fourth-order valence-corrected chi connectivity index (χ4v) is 2.32. The van der Waals surface area contributed by atoms with Gasteiger partial charge in [0.15, 0.2) is 5.65 Å². The van der Waals surface area contributed by atoms with Crippen LogP contribution in [0.5, 0.6) is 5.88 Å². The van der Waals surface area contributed by atoms with Crippen molar-refractivity contribution in [3.8, 4) is 5.88 Å². The highest BCUT2D eigenvalue weighted by Crippen LogP contribution is 2.28. The summed E-state index contributed by atoms with van der Waals surface area (Å²) in [5, 5.41) is 0. The van der Waals surface area contributed by atoms with Gasteiger partial charge in [0.25, 0.3) is 0 Å². The van der Waals surface area contributed by atoms with Gasteiger partial charge in [0, 0.05) is 12.0 Å². The van der Waals surface area contributed by atoms with Crippen molar-refractivity contribution >= 4 is 11.2 Å². The molecule has 18 heavy (non-hydrogen) atoms. The van der Waals surface area contributed by atoms with Gasteiger partial charge in [-0.25, -0.2) is 4.98 Å². The molecule has 3 heterocycles. The van der Waals surface area contributed by atoms with Crippen LogP contribution in [0.15, 0.2) is 12.1 Å². The lowest BCUT2D eigenvalue weighted by Gasteiger charge is -2.01. The number of rotatable bonds is 3. The van der Waals surface area contributed by atoms with Crippen molar-refractivity contribution in [3.05, 3.63) is 18.0 Å². The van der Waals surface area contributed by atoms with Crippen LogP contribution in [-0.2, 0) is 4.74 Å². The first-order valence-electron chi connectivity index (χ1n) is 6.37. The number of ether oxygens (including phenoxy) is 2. The zero-order valence-corrected chi connectivity index (χ0v) is 10.6. The van der Waals surface area contributed by atoms with E-state index in [2.05, 4.69) is 21.9 Å². The van der Waals surface area contributed by atoms with E-state index in [9.17, 15) is 0 Å². The first kappa shape index (κ1) is 11.5. The predicted molar refractivity (Wildman–Crippen MR) is 67.8 cm³/mol. The molecule has 0 spiro atoms. The molecule has 0 radical (unpaired) electrons. The van der Waals surface area contributed by atoms with Crippen LogP contribution in [0.2, 0.25) is 0 Å². The van der Waals surface area contributed by atoms with Crippen molar-refractivity contribution < 1.29 is 9.47 Å². The lowest BCUT2D eigenvalue weighted by atomic mass is 10.1. The van der Waals surface area contributed by atoms with Gasteiger partial charge < -0.3 is 14.5 Å². The van der Waals surface area contributed by atoms with E-state index >= 15 is 0 Å². The van der Waals surface area contributed by atoms with Crippen molar-refractivity contribution in [2.45, 2.75) is 32.3 Å². The Hall–Kier alpha value is -1.62. The van der Waals surface area contributed by atoms with E-state index in [-0.39, 0.29) is 0 Å². The summed E-state index contributed by atoms with van der Waals surface area (Å²) in [6, 6.07) is 3.82. The maximum atomic E-state index is 5.57. The zero-order valence-electron chi connectivity index (χ0n) is 10.6. The Balaban J connectivity index is 1.90. The average Bonchev–Trinajstić information content (AvgIpc) is 2.94. The predicted octanol–water partition coefficient (Wildman–Crippen LogP) is 2.25. The Labute approximate surface area is 106 Å². The van der Waals surface area contributed by atoms with Crippen molar-refractivity contribution in [3.63, 3.8) is 0 Å². The first-order valence-corrected chi connectivity index (χ1v) is 6.37. The standard InChI is InChI=1S/C13H17N3O2/c1-3-17-11-5-4-10-13(15-11)16-12(14-10)9-6-8(2)18-7-9/h4-5,8-9H,3,6-7H2,1-2H3,(H,14,15,16). The lowest BCUT2D eigenvalue weighted by Crippen LogP contribution is -2.00. The van der Waals surface area contributed by atoms with Gasteiger partial charge in [-0.2, -0.15) is 4.98 Å². The van der Waals surface area contributed by atoms with Crippen molar-refractivity contribution in [2.75, 3.05) is 13.2 Å². The minimum atomic E-state index is 0.315. The van der Waals surface area contributed by atoms with Crippen LogP contribution in [0, 0.1) is 0 Å². The van der Waals surface area contributed by atoms with E-state index in [1.165, 1.54) is 0 Å². The molecule has 3 rings (SSSR count). The molecule has 0 aromatic carbocycles. The normalized spacial score (nSPS) is 23.7. The molecule has 5 nitrogen and oxygen atoms in total. The molecule has 0 aliphatic carbocycles. The molecule has 1 aliphatic heterocycles. The number of hydrogen-bond donors (Lipinski definition) is 1. The third kappa shape index (κ3) is 2.06. The summed E-state index contributed by atoms with van der Waals surface area (Å²) in [5.41, 5.74) is 1.67. The van der Waals surface area contributed by atoms with Crippen LogP contribution >= 0.6 is 0 Å². The number of hydrogen-bond acceptors (Lipinski definition) is 4. The first-order chi connectivity index (χ1) is 8.76. The molecular formula is C13H17N3O2. The second-order valence-corrected chi connectivity index (χ2v) is 4.65. The molecule has 1 aliphatic rings. The number of nitrogens with one attached hydrogen (secondary N) is 1. The maximum absolute atomic E-state index is 5.57. The highest BCUT2D eigenvalue weighted by molar-refractivity contribution is 5.71. The van der Waals surface area contributed by atoms with Gasteiger partial charge in [0.2, 0.25) is 5.88 Å². The van der Waals surface area contributed by atoms with E-state index in [4.69, 9.17) is 9.47 Å². The molecule has 2 aromatic heterocycles. The SMILES string of the molecule is CCOc1ccc2[nH]c(C3COC(C)C3)nc2n1. The van der Waals surface area contributed by atoms with Gasteiger partial charge >= 0.3 is 0 Å². The fourth-order valence-electron chi connectivity index (χ4n) is 2.32. The summed E-state index contributed by atoms with van der Waals surface area (Å²) in [4.78, 5) is 12.2. The lowest BCUT2D eigenvalue weighted by molar-refractivity contribution is 0.123. The zero-order chi connectivity index (χ0) is 12.5. The molecule has 5 heteroatoms. The smallest absolute Gasteiger partial charge is 0.215 e. The number of nitrogens with zero attached hydrogens (tertiary/aromatic N) is 2. The summed E-state index contributed by atoms with van der Waals surface area (Å²) in [6.07, 6.45) is 1.33. The van der Waals surface area contributed by atoms with Gasteiger partial charge in [-0.1, -0.05) is 0 Å². The van der Waals surface area contributed by atoms with E-state index in [0.717, 1.165) is 30.0 Å². The fraction of sp³-hybridized carbons (Fsp3) is 0.538. The van der Waals surface area contributed by atoms with Crippen LogP contribution in [-0.4, -0.2) is 34.3 Å². The molecule has 0 amide bonds. The number of pyridine rings is 1. The summed E-state index contributed by atoms with van der Waals surface area (Å²) >= 11 is 0. The number of imidazole rings is 1. The minimum absolute atomic E-state index is 0.315. The number of aromatic nitrogens is 3. The molecule has 1 fully saturated rings. The second kappa shape index (κ2) is 4.57. The van der Waals surface area contributed by atoms with Gasteiger partial charge in [-0.05, 0) is 26.3 Å². The highest BCUT2D eigenvalue weighted by atomic mass is 16.5. The Morgan fingerprint density at radius 1 is 1.44 bits per heavy atom. The number of aromatic amines is 1. The molecule has 0 bridgehead atoms. The minimum Gasteiger partial charge on any atom is -0.478 e. The highest BCUT2D eigenvalue weighted by Gasteiger charge is 2.26. The molecule has 2 aromatic rings. The van der Waals surface area contributed by atoms with Crippen molar-refractivity contribution in [2.24, 2.45) is 0 Å². The van der Waals surface area contributed by atoms with E-state index in [0.29, 0.717) is 24.5 Å². The Morgan fingerprint density at radius 3 is 3.06 bits per heavy atom. The summed E-state index contributed by atoms with van der Waals surface area (Å²) < 4.78 is 10.9. The summed E-state index contributed by atoms with van der Waals surface area (Å²) in [5.74, 6) is 1.94. The molecule has 1 N–H and O–H groups in total. The van der Waals surface area contributed by atoms with Crippen molar-refractivity contribution in [1.29, 1.82) is 0 Å². The van der Waals surface area contributed by atoms with E-state index in [1.807, 2.05) is 19.1 Å². The Morgan fingerprint density at radius 2 is 2.33 bits per heavy atom. The van der Waals surface area contributed by atoms with Crippen LogP contribution in [0.25, 0.3) is 11.2 Å². The van der Waals surface area contributed by atoms with Crippen LogP contribution in [0.3, 0.4) is 0 Å². The van der Waals surface area contributed by atoms with Crippen LogP contribution in [0.1, 0.15) is 32.0 Å². The van der Waals surface area contributed by atoms with Crippen molar-refractivity contribution in [1.82, 2.24) is 15.0 Å². The molecular weight excluding hydrogens is 230 g/mol. The third-order valence-electron chi connectivity index (χ3n) is 3.22. The van der Waals surface area contributed by atoms with Crippen LogP contribution < -0.4 is 4.74 Å². The topological polar surface area (TPSA) is 60.0 Å². The quantitative estimate of drug-likeness (QED) is 0.903. The summed E-state index contributed by atoms with van der Waals surface area (Å²) in [7, 11) is 0. The number of fused-ring (bicyclic) bond motifs is 1. The van der Waals surface area contributed by atoms with Gasteiger partial charge in [0.05, 0.1) is 24.8 Å². The molecule has 0 saturated carbocycles. The molecule has 1 saturated heterocycles. The van der Waals surface area contributed by atoms with Gasteiger partial charge in [-0.3, -0.25) is 0 Å². The van der Waals surface area contributed by atoms with E-state index in [1.54, 1.807) is 0 Å². The maximum Gasteiger partial charge on any atom is 0.215 e. The van der Waals surface area contributed by atoms with E-state index < -0.39 is 0 Å². The number of H-pyrrole nitrogens is 1. The van der Waals surface area contributed by atoms with Gasteiger partial charge in [-0.15, -0.1) is 0 Å². The summed E-state index contributed by atoms with van der Waals surface area (Å²) in [6.45, 7) is 5.39.